The molecule has 1 aliphatic rings. The lowest BCUT2D eigenvalue weighted by atomic mass is 9.94. The molecule has 5 rings (SSSR count). The highest BCUT2D eigenvalue weighted by atomic mass is 16.2. The normalized spacial score (nSPS) is 15.7. The Morgan fingerprint density at radius 3 is 2.58 bits per heavy atom. The summed E-state index contributed by atoms with van der Waals surface area (Å²) in [6.07, 6.45) is 4.91. The van der Waals surface area contributed by atoms with E-state index < -0.39 is 0 Å². The van der Waals surface area contributed by atoms with Gasteiger partial charge in [-0.2, -0.15) is 4.52 Å². The van der Waals surface area contributed by atoms with Crippen molar-refractivity contribution in [2.75, 3.05) is 18.0 Å². The minimum absolute atomic E-state index is 0.0372. The van der Waals surface area contributed by atoms with E-state index in [1.165, 1.54) is 0 Å². The van der Waals surface area contributed by atoms with Crippen molar-refractivity contribution in [3.05, 3.63) is 84.4 Å². The van der Waals surface area contributed by atoms with Crippen molar-refractivity contribution in [1.29, 1.82) is 0 Å². The zero-order chi connectivity index (χ0) is 21.0. The number of nitrogens with zero attached hydrogens (tertiary/aromatic N) is 6. The summed E-state index contributed by atoms with van der Waals surface area (Å²) in [5, 5.41) is 15.7. The number of pyridine rings is 1. The lowest BCUT2D eigenvalue weighted by molar-refractivity contribution is -0.126. The van der Waals surface area contributed by atoms with Gasteiger partial charge in [0.25, 0.3) is 0 Å². The Morgan fingerprint density at radius 2 is 1.81 bits per heavy atom. The van der Waals surface area contributed by atoms with E-state index in [9.17, 15) is 4.79 Å². The molecule has 0 spiro atoms. The van der Waals surface area contributed by atoms with Gasteiger partial charge in [0.1, 0.15) is 12.1 Å². The number of aromatic nitrogens is 5. The molecule has 3 aromatic heterocycles. The van der Waals surface area contributed by atoms with Crippen molar-refractivity contribution in [3.63, 3.8) is 0 Å². The van der Waals surface area contributed by atoms with Gasteiger partial charge in [-0.3, -0.25) is 9.78 Å². The van der Waals surface area contributed by atoms with Crippen LogP contribution >= 0.6 is 0 Å². The van der Waals surface area contributed by atoms with Crippen LogP contribution < -0.4 is 10.2 Å². The number of amides is 1. The first-order valence-corrected chi connectivity index (χ1v) is 10.5. The molecule has 156 valence electrons. The van der Waals surface area contributed by atoms with Crippen LogP contribution in [-0.4, -0.2) is 43.8 Å². The molecule has 0 bridgehead atoms. The molecule has 1 aliphatic heterocycles. The predicted molar refractivity (Wildman–Crippen MR) is 116 cm³/mol. The van der Waals surface area contributed by atoms with Crippen LogP contribution in [0.1, 0.15) is 30.1 Å². The van der Waals surface area contributed by atoms with Gasteiger partial charge in [-0.15, -0.1) is 15.3 Å². The molecule has 4 aromatic rings. The van der Waals surface area contributed by atoms with E-state index in [2.05, 4.69) is 30.5 Å². The van der Waals surface area contributed by atoms with E-state index in [1.807, 2.05) is 60.7 Å². The number of nitrogens with one attached hydrogen (secondary N) is 1. The molecule has 0 saturated carbocycles. The Bertz CT molecular complexity index is 1110. The largest absolute Gasteiger partial charge is 0.355 e. The molecule has 1 N–H and O–H groups in total. The van der Waals surface area contributed by atoms with Gasteiger partial charge in [0.2, 0.25) is 5.91 Å². The summed E-state index contributed by atoms with van der Waals surface area (Å²) in [5.41, 5.74) is 2.59. The van der Waals surface area contributed by atoms with Crippen LogP contribution in [0.15, 0.2) is 73.2 Å². The average Bonchev–Trinajstić information content (AvgIpc) is 3.32. The molecule has 4 heterocycles. The molecule has 1 amide bonds. The fourth-order valence-corrected chi connectivity index (χ4v) is 4.04. The Balaban J connectivity index is 1.27. The molecule has 1 atom stereocenters. The second kappa shape index (κ2) is 8.51. The first kappa shape index (κ1) is 19.2. The number of hydrogen-bond donors (Lipinski definition) is 1. The quantitative estimate of drug-likeness (QED) is 0.541. The summed E-state index contributed by atoms with van der Waals surface area (Å²) in [6.45, 7) is 1.55. The summed E-state index contributed by atoms with van der Waals surface area (Å²) in [6, 6.07) is 19.4. The molecular weight excluding hydrogens is 390 g/mol. The molecule has 31 heavy (non-hydrogen) atoms. The molecule has 1 saturated heterocycles. The predicted octanol–water partition coefficient (Wildman–Crippen LogP) is 2.64. The number of fused-ring (bicyclic) bond motifs is 1. The summed E-state index contributed by atoms with van der Waals surface area (Å²) in [4.78, 5) is 19.8. The maximum absolute atomic E-state index is 13.1. The van der Waals surface area contributed by atoms with Crippen molar-refractivity contribution in [3.8, 4) is 0 Å². The molecule has 0 radical (unpaired) electrons. The number of piperidine rings is 1. The second-order valence-corrected chi connectivity index (χ2v) is 7.69. The number of benzene rings is 1. The monoisotopic (exact) mass is 413 g/mol. The fraction of sp³-hybridized carbons (Fsp3) is 0.261. The highest BCUT2D eigenvalue weighted by molar-refractivity contribution is 5.80. The fourth-order valence-electron chi connectivity index (χ4n) is 4.04. The third kappa shape index (κ3) is 4.09. The van der Waals surface area contributed by atoms with Crippen LogP contribution in [-0.2, 0) is 4.79 Å². The van der Waals surface area contributed by atoms with Gasteiger partial charge in [-0.25, -0.2) is 0 Å². The number of carbonyl (C=O) groups is 1. The Morgan fingerprint density at radius 1 is 1.00 bits per heavy atom. The number of hydrogen-bond acceptors (Lipinski definition) is 6. The zero-order valence-corrected chi connectivity index (χ0v) is 17.0. The van der Waals surface area contributed by atoms with Crippen LogP contribution in [0.5, 0.6) is 0 Å². The minimum atomic E-state index is -0.259. The third-order valence-corrected chi connectivity index (χ3v) is 5.74. The maximum Gasteiger partial charge on any atom is 0.224 e. The zero-order valence-electron chi connectivity index (χ0n) is 17.0. The summed E-state index contributed by atoms with van der Waals surface area (Å²) in [7, 11) is 0. The van der Waals surface area contributed by atoms with Crippen molar-refractivity contribution in [1.82, 2.24) is 30.1 Å². The summed E-state index contributed by atoms with van der Waals surface area (Å²) >= 11 is 0. The van der Waals surface area contributed by atoms with E-state index in [1.54, 1.807) is 17.0 Å². The third-order valence-electron chi connectivity index (χ3n) is 5.74. The molecule has 8 nitrogen and oxygen atoms in total. The first-order valence-electron chi connectivity index (χ1n) is 10.5. The number of carbonyl (C=O) groups excluding carboxylic acids is 1. The van der Waals surface area contributed by atoms with Crippen LogP contribution in [0, 0.1) is 5.92 Å². The molecule has 8 heteroatoms. The molecule has 1 fully saturated rings. The highest BCUT2D eigenvalue weighted by Gasteiger charge is 2.28. The SMILES string of the molecule is O=C(N[C@H](c1ccccc1)c1ccccn1)C1CCN(c2ccc3nncn3n2)CC1. The summed E-state index contributed by atoms with van der Waals surface area (Å²) in [5.74, 6) is 0.910. The lowest BCUT2D eigenvalue weighted by Crippen LogP contribution is -2.42. The van der Waals surface area contributed by atoms with Crippen LogP contribution in [0.2, 0.25) is 0 Å². The smallest absolute Gasteiger partial charge is 0.224 e. The highest BCUT2D eigenvalue weighted by Crippen LogP contribution is 2.25. The second-order valence-electron chi connectivity index (χ2n) is 7.69. The standard InChI is InChI=1S/C23H23N7O/c31-23(26-22(17-6-2-1-3-7-17)19-8-4-5-13-24-19)18-11-14-29(15-12-18)21-10-9-20-27-25-16-30(20)28-21/h1-10,13,16,18,22H,11-12,14-15H2,(H,26,31)/t22-/m1/s1. The first-order chi connectivity index (χ1) is 15.3. The van der Waals surface area contributed by atoms with E-state index in [4.69, 9.17) is 0 Å². The molecule has 1 aromatic carbocycles. The van der Waals surface area contributed by atoms with E-state index in [0.29, 0.717) is 0 Å². The number of anilines is 1. The van der Waals surface area contributed by atoms with Crippen molar-refractivity contribution < 1.29 is 4.79 Å². The van der Waals surface area contributed by atoms with Gasteiger partial charge in [-0.1, -0.05) is 36.4 Å². The number of rotatable bonds is 5. The molecule has 0 aliphatic carbocycles. The van der Waals surface area contributed by atoms with Gasteiger partial charge in [0.05, 0.1) is 11.7 Å². The van der Waals surface area contributed by atoms with E-state index in [0.717, 1.165) is 48.7 Å². The van der Waals surface area contributed by atoms with Gasteiger partial charge in [0.15, 0.2) is 5.65 Å². The Kier molecular flexibility index (Phi) is 5.26. The minimum Gasteiger partial charge on any atom is -0.355 e. The van der Waals surface area contributed by atoms with Crippen molar-refractivity contribution in [2.45, 2.75) is 18.9 Å². The van der Waals surface area contributed by atoms with E-state index >= 15 is 0 Å². The Labute approximate surface area is 179 Å². The van der Waals surface area contributed by atoms with Crippen molar-refractivity contribution in [2.24, 2.45) is 5.92 Å². The molecular formula is C23H23N7O. The van der Waals surface area contributed by atoms with E-state index in [-0.39, 0.29) is 17.9 Å². The lowest BCUT2D eigenvalue weighted by Gasteiger charge is -2.32. The topological polar surface area (TPSA) is 88.3 Å². The average molecular weight is 413 g/mol. The van der Waals surface area contributed by atoms with Gasteiger partial charge in [0, 0.05) is 25.2 Å². The van der Waals surface area contributed by atoms with Crippen LogP contribution in [0.3, 0.4) is 0 Å². The van der Waals surface area contributed by atoms with Gasteiger partial charge in [-0.05, 0) is 42.7 Å². The summed E-state index contributed by atoms with van der Waals surface area (Å²) < 4.78 is 1.67. The Hall–Kier alpha value is -3.81. The molecule has 0 unspecified atom stereocenters. The van der Waals surface area contributed by atoms with Gasteiger partial charge < -0.3 is 10.2 Å². The van der Waals surface area contributed by atoms with Crippen LogP contribution in [0.25, 0.3) is 5.65 Å². The van der Waals surface area contributed by atoms with Crippen LogP contribution in [0.4, 0.5) is 5.82 Å². The maximum atomic E-state index is 13.1. The van der Waals surface area contributed by atoms with Crippen molar-refractivity contribution >= 4 is 17.4 Å². The van der Waals surface area contributed by atoms with Gasteiger partial charge >= 0.3 is 0 Å².